The minimum absolute atomic E-state index is 1.03. The van der Waals surface area contributed by atoms with Crippen LogP contribution < -0.4 is 0 Å². The van der Waals surface area contributed by atoms with Gasteiger partial charge in [0.15, 0.2) is 0 Å². The molecule has 26 heavy (non-hydrogen) atoms. The first-order chi connectivity index (χ1) is 12.7. The van der Waals surface area contributed by atoms with Crippen molar-refractivity contribution >= 4 is 27.3 Å². The number of pyridine rings is 1. The van der Waals surface area contributed by atoms with Gasteiger partial charge in [0.05, 0.1) is 5.52 Å². The van der Waals surface area contributed by atoms with Gasteiger partial charge in [-0.15, -0.1) is 0 Å². The molecule has 0 spiro atoms. The van der Waals surface area contributed by atoms with Crippen LogP contribution in [0.1, 0.15) is 16.8 Å². The molecule has 0 aliphatic heterocycles. The van der Waals surface area contributed by atoms with E-state index in [1.165, 1.54) is 43.9 Å². The average Bonchev–Trinajstić information content (AvgIpc) is 3.04. The van der Waals surface area contributed by atoms with Crippen LogP contribution in [0.5, 0.6) is 0 Å². The summed E-state index contributed by atoms with van der Waals surface area (Å²) >= 11 is 0. The highest BCUT2D eigenvalue weighted by Crippen LogP contribution is 2.39. The Hall–Kier alpha value is -3.13. The molecule has 0 amide bonds. The molecule has 0 N–H and O–H groups in total. The van der Waals surface area contributed by atoms with Gasteiger partial charge in [-0.05, 0) is 49.1 Å². The molecule has 126 valence electrons. The van der Waals surface area contributed by atoms with Gasteiger partial charge in [-0.25, -0.2) is 4.98 Å². The van der Waals surface area contributed by atoms with E-state index in [0.717, 1.165) is 11.3 Å². The molecule has 5 aromatic rings. The predicted octanol–water partition coefficient (Wildman–Crippen LogP) is 6.23. The Kier molecular flexibility index (Phi) is 3.17. The zero-order valence-corrected chi connectivity index (χ0v) is 15.2. The number of aromatic nitrogens is 2. The summed E-state index contributed by atoms with van der Waals surface area (Å²) in [6.07, 6.45) is 1.97. The zero-order valence-electron chi connectivity index (χ0n) is 15.2. The van der Waals surface area contributed by atoms with Gasteiger partial charge < -0.3 is 0 Å². The third-order valence-electron chi connectivity index (χ3n) is 5.41. The second kappa shape index (κ2) is 5.43. The number of rotatable bonds is 1. The van der Waals surface area contributed by atoms with E-state index in [2.05, 4.69) is 85.8 Å². The number of imidazole rings is 1. The summed E-state index contributed by atoms with van der Waals surface area (Å²) in [6.45, 7) is 6.51. The van der Waals surface area contributed by atoms with E-state index >= 15 is 0 Å². The molecule has 3 aromatic carbocycles. The topological polar surface area (TPSA) is 17.3 Å². The van der Waals surface area contributed by atoms with E-state index in [1.54, 1.807) is 0 Å². The molecule has 0 radical (unpaired) electrons. The minimum atomic E-state index is 1.03. The molecule has 2 heterocycles. The summed E-state index contributed by atoms with van der Waals surface area (Å²) in [7, 11) is 0. The Morgan fingerprint density at radius 1 is 0.731 bits per heavy atom. The molecule has 0 aliphatic rings. The summed E-state index contributed by atoms with van der Waals surface area (Å²) in [6, 6.07) is 21.8. The molecule has 0 bridgehead atoms. The maximum atomic E-state index is 4.74. The number of benzene rings is 3. The normalized spacial score (nSPS) is 11.7. The van der Waals surface area contributed by atoms with E-state index in [-0.39, 0.29) is 0 Å². The Morgan fingerprint density at radius 2 is 1.42 bits per heavy atom. The molecule has 0 unspecified atom stereocenters. The van der Waals surface area contributed by atoms with Crippen LogP contribution in [-0.4, -0.2) is 9.38 Å². The van der Waals surface area contributed by atoms with Gasteiger partial charge in [0.25, 0.3) is 0 Å². The fourth-order valence-electron chi connectivity index (χ4n) is 4.29. The van der Waals surface area contributed by atoms with Gasteiger partial charge in [-0.3, -0.25) is 4.40 Å². The molecule has 0 aliphatic carbocycles. The van der Waals surface area contributed by atoms with Crippen LogP contribution in [0.2, 0.25) is 0 Å². The average molecular weight is 336 g/mol. The lowest BCUT2D eigenvalue weighted by Crippen LogP contribution is -1.96. The van der Waals surface area contributed by atoms with E-state index in [1.807, 2.05) is 6.20 Å². The molecule has 5 rings (SSSR count). The van der Waals surface area contributed by atoms with Crippen molar-refractivity contribution in [3.63, 3.8) is 0 Å². The van der Waals surface area contributed by atoms with Crippen LogP contribution in [0.25, 0.3) is 38.4 Å². The van der Waals surface area contributed by atoms with E-state index in [4.69, 9.17) is 4.98 Å². The van der Waals surface area contributed by atoms with Crippen LogP contribution >= 0.6 is 0 Å². The number of hydrogen-bond donors (Lipinski definition) is 0. The Bertz CT molecular complexity index is 1290. The van der Waals surface area contributed by atoms with Crippen molar-refractivity contribution in [2.75, 3.05) is 0 Å². The number of nitrogens with zero attached hydrogens (tertiary/aromatic N) is 2. The summed E-state index contributed by atoms with van der Waals surface area (Å²) in [5, 5.41) is 3.77. The van der Waals surface area contributed by atoms with Gasteiger partial charge in [0, 0.05) is 28.0 Å². The van der Waals surface area contributed by atoms with E-state index in [0.29, 0.717) is 0 Å². The Labute approximate surface area is 152 Å². The smallest absolute Gasteiger partial charge is 0.145 e. The molecule has 0 atom stereocenters. The molecule has 0 fully saturated rings. The molecule has 0 saturated heterocycles. The second-order valence-electron chi connectivity index (χ2n) is 7.07. The third kappa shape index (κ3) is 1.96. The van der Waals surface area contributed by atoms with Gasteiger partial charge in [0.1, 0.15) is 5.65 Å². The monoisotopic (exact) mass is 336 g/mol. The molecule has 0 saturated carbocycles. The maximum Gasteiger partial charge on any atom is 0.145 e. The lowest BCUT2D eigenvalue weighted by molar-refractivity contribution is 1.17. The number of aryl methyl sites for hydroxylation is 3. The summed E-state index contributed by atoms with van der Waals surface area (Å²) < 4.78 is 2.27. The fourth-order valence-corrected chi connectivity index (χ4v) is 4.29. The highest BCUT2D eigenvalue weighted by Gasteiger charge is 2.16. The molecule has 2 heteroatoms. The third-order valence-corrected chi connectivity index (χ3v) is 5.41. The number of hydrogen-bond acceptors (Lipinski definition) is 1. The Morgan fingerprint density at radius 3 is 2.23 bits per heavy atom. The molecule has 2 aromatic heterocycles. The van der Waals surface area contributed by atoms with Crippen molar-refractivity contribution in [2.24, 2.45) is 0 Å². The number of fused-ring (bicyclic) bond motifs is 6. The quantitative estimate of drug-likeness (QED) is 0.332. The standard InChI is InChI=1S/C24H20N2/c1-15-8-6-9-16(2)22(15)19-11-7-12-20-23(19)18-10-4-5-13-21(18)26-17(3)14-25-24(20)26/h4-14H,1-3H3. The SMILES string of the molecule is Cc1cccc(C)c1-c1cccc2c1c1ccccc1n1c(C)cnc21. The van der Waals surface area contributed by atoms with Crippen molar-refractivity contribution in [1.29, 1.82) is 0 Å². The second-order valence-corrected chi connectivity index (χ2v) is 7.07. The van der Waals surface area contributed by atoms with Crippen molar-refractivity contribution in [2.45, 2.75) is 20.8 Å². The fraction of sp³-hybridized carbons (Fsp3) is 0.125. The van der Waals surface area contributed by atoms with Gasteiger partial charge in [0.2, 0.25) is 0 Å². The van der Waals surface area contributed by atoms with Crippen LogP contribution in [0.4, 0.5) is 0 Å². The summed E-state index contributed by atoms with van der Waals surface area (Å²) in [5.41, 5.74) is 8.64. The lowest BCUT2D eigenvalue weighted by Gasteiger charge is -2.16. The zero-order chi connectivity index (χ0) is 17.8. The predicted molar refractivity (Wildman–Crippen MR) is 110 cm³/mol. The Balaban J connectivity index is 2.09. The van der Waals surface area contributed by atoms with Crippen LogP contribution in [0, 0.1) is 20.8 Å². The first-order valence-corrected chi connectivity index (χ1v) is 9.01. The van der Waals surface area contributed by atoms with Crippen LogP contribution in [0.3, 0.4) is 0 Å². The van der Waals surface area contributed by atoms with Crippen molar-refractivity contribution < 1.29 is 0 Å². The van der Waals surface area contributed by atoms with Gasteiger partial charge in [-0.2, -0.15) is 0 Å². The molecule has 2 nitrogen and oxygen atoms in total. The first kappa shape index (κ1) is 15.2. The molecular weight excluding hydrogens is 316 g/mol. The van der Waals surface area contributed by atoms with Gasteiger partial charge in [-0.1, -0.05) is 54.6 Å². The number of para-hydroxylation sites is 1. The van der Waals surface area contributed by atoms with E-state index in [9.17, 15) is 0 Å². The first-order valence-electron chi connectivity index (χ1n) is 9.01. The van der Waals surface area contributed by atoms with Gasteiger partial charge >= 0.3 is 0 Å². The van der Waals surface area contributed by atoms with Crippen molar-refractivity contribution in [3.8, 4) is 11.1 Å². The van der Waals surface area contributed by atoms with Crippen LogP contribution in [-0.2, 0) is 0 Å². The highest BCUT2D eigenvalue weighted by atomic mass is 15.0. The van der Waals surface area contributed by atoms with Crippen molar-refractivity contribution in [3.05, 3.63) is 83.7 Å². The summed E-state index contributed by atoms with van der Waals surface area (Å²) in [5.74, 6) is 0. The maximum absolute atomic E-state index is 4.74. The minimum Gasteiger partial charge on any atom is -0.296 e. The summed E-state index contributed by atoms with van der Waals surface area (Å²) in [4.78, 5) is 4.74. The van der Waals surface area contributed by atoms with Crippen LogP contribution in [0.15, 0.2) is 66.9 Å². The van der Waals surface area contributed by atoms with Crippen molar-refractivity contribution in [1.82, 2.24) is 9.38 Å². The lowest BCUT2D eigenvalue weighted by atomic mass is 9.90. The highest BCUT2D eigenvalue weighted by molar-refractivity contribution is 6.18. The largest absolute Gasteiger partial charge is 0.296 e. The molecular formula is C24H20N2. The van der Waals surface area contributed by atoms with E-state index < -0.39 is 0 Å².